The number of amides is 1. The fraction of sp³-hybridized carbons (Fsp3) is 0.0769. The Morgan fingerprint density at radius 2 is 2.00 bits per heavy atom. The van der Waals surface area contributed by atoms with E-state index < -0.39 is 10.0 Å². The van der Waals surface area contributed by atoms with Crippen LogP contribution in [0.4, 0.5) is 5.69 Å². The molecule has 0 aliphatic heterocycles. The van der Waals surface area contributed by atoms with E-state index in [9.17, 15) is 13.2 Å². The van der Waals surface area contributed by atoms with Gasteiger partial charge in [0.1, 0.15) is 4.90 Å². The van der Waals surface area contributed by atoms with Gasteiger partial charge < -0.3 is 5.32 Å². The normalized spacial score (nSPS) is 11.2. The van der Waals surface area contributed by atoms with Gasteiger partial charge in [0.25, 0.3) is 5.91 Å². The third-order valence-corrected chi connectivity index (χ3v) is 4.05. The minimum absolute atomic E-state index is 0.0544. The second kappa shape index (κ2) is 5.80. The predicted octanol–water partition coefficient (Wildman–Crippen LogP) is 1.94. The number of aryl methyl sites for hydroxylation is 1. The van der Waals surface area contributed by atoms with Gasteiger partial charge in [0.2, 0.25) is 10.0 Å². The molecule has 0 radical (unpaired) electrons. The van der Waals surface area contributed by atoms with Crippen LogP contribution in [-0.2, 0) is 10.0 Å². The van der Waals surface area contributed by atoms with Crippen LogP contribution in [0.2, 0.25) is 5.02 Å². The van der Waals surface area contributed by atoms with Gasteiger partial charge in [-0.15, -0.1) is 0 Å². The van der Waals surface area contributed by atoms with E-state index in [0.717, 1.165) is 0 Å². The summed E-state index contributed by atoms with van der Waals surface area (Å²) >= 11 is 5.85. The average molecular weight is 326 g/mol. The molecule has 6 nitrogen and oxygen atoms in total. The van der Waals surface area contributed by atoms with Gasteiger partial charge in [-0.25, -0.2) is 13.6 Å². The lowest BCUT2D eigenvalue weighted by Crippen LogP contribution is -2.14. The molecule has 1 aromatic heterocycles. The highest BCUT2D eigenvalue weighted by atomic mass is 35.5. The number of anilines is 1. The molecule has 0 saturated heterocycles. The Balaban J connectivity index is 2.25. The molecular weight excluding hydrogens is 314 g/mol. The molecule has 110 valence electrons. The monoisotopic (exact) mass is 325 g/mol. The van der Waals surface area contributed by atoms with Gasteiger partial charge in [-0.3, -0.25) is 9.78 Å². The number of hydrogen-bond donors (Lipinski definition) is 2. The van der Waals surface area contributed by atoms with E-state index >= 15 is 0 Å². The highest BCUT2D eigenvalue weighted by Crippen LogP contribution is 2.24. The van der Waals surface area contributed by atoms with Crippen molar-refractivity contribution in [2.24, 2.45) is 5.14 Å². The van der Waals surface area contributed by atoms with Crippen LogP contribution in [0.1, 0.15) is 16.1 Å². The molecule has 8 heteroatoms. The first kappa shape index (κ1) is 15.4. The minimum atomic E-state index is -3.89. The number of hydrogen-bond acceptors (Lipinski definition) is 4. The fourth-order valence-electron chi connectivity index (χ4n) is 1.70. The Hall–Kier alpha value is -1.96. The second-order valence-corrected chi connectivity index (χ2v) is 6.27. The van der Waals surface area contributed by atoms with Gasteiger partial charge in [-0.2, -0.15) is 0 Å². The molecule has 3 N–H and O–H groups in total. The number of carbonyl (C=O) groups is 1. The molecule has 1 heterocycles. The molecule has 0 aliphatic rings. The lowest BCUT2D eigenvalue weighted by molar-refractivity contribution is 0.102. The summed E-state index contributed by atoms with van der Waals surface area (Å²) in [5.74, 6) is -0.347. The summed E-state index contributed by atoms with van der Waals surface area (Å²) in [6.07, 6.45) is 1.53. The first-order valence-corrected chi connectivity index (χ1v) is 7.76. The van der Waals surface area contributed by atoms with Crippen molar-refractivity contribution >= 4 is 33.2 Å². The molecule has 0 bridgehead atoms. The number of pyridine rings is 1. The molecule has 0 saturated carbocycles. The molecule has 1 amide bonds. The molecule has 1 aromatic carbocycles. The van der Waals surface area contributed by atoms with E-state index in [0.29, 0.717) is 16.9 Å². The number of sulfonamides is 1. The highest BCUT2D eigenvalue weighted by molar-refractivity contribution is 7.89. The smallest absolute Gasteiger partial charge is 0.255 e. The van der Waals surface area contributed by atoms with Crippen molar-refractivity contribution in [2.45, 2.75) is 11.8 Å². The molecule has 0 atom stereocenters. The van der Waals surface area contributed by atoms with E-state index in [4.69, 9.17) is 16.7 Å². The van der Waals surface area contributed by atoms with Crippen molar-refractivity contribution in [3.63, 3.8) is 0 Å². The first-order valence-electron chi connectivity index (χ1n) is 5.84. The van der Waals surface area contributed by atoms with Crippen molar-refractivity contribution in [3.05, 3.63) is 52.8 Å². The number of carbonyl (C=O) groups excluding carboxylic acids is 1. The van der Waals surface area contributed by atoms with Gasteiger partial charge in [0, 0.05) is 23.1 Å². The average Bonchev–Trinajstić information content (AvgIpc) is 2.37. The molecule has 21 heavy (non-hydrogen) atoms. The van der Waals surface area contributed by atoms with Gasteiger partial charge in [0.05, 0.1) is 5.02 Å². The van der Waals surface area contributed by atoms with Crippen LogP contribution in [-0.4, -0.2) is 19.3 Å². The number of rotatable bonds is 3. The standard InChI is InChI=1S/C13H12ClN3O3S/c1-8-6-9(4-5-16-8)13(18)17-10-2-3-12(11(14)7-10)21(15,19)20/h2-7H,1H3,(H,17,18)(H2,15,19,20). The lowest BCUT2D eigenvalue weighted by Gasteiger charge is -2.08. The Labute approximate surface area is 127 Å². The molecule has 2 rings (SSSR count). The Bertz CT molecular complexity index is 806. The minimum Gasteiger partial charge on any atom is -0.322 e. The molecule has 0 spiro atoms. The number of nitrogens with zero attached hydrogens (tertiary/aromatic N) is 1. The lowest BCUT2D eigenvalue weighted by atomic mass is 10.2. The predicted molar refractivity (Wildman–Crippen MR) is 79.8 cm³/mol. The summed E-state index contributed by atoms with van der Waals surface area (Å²) in [5.41, 5.74) is 1.52. The number of aromatic nitrogens is 1. The first-order chi connectivity index (χ1) is 9.77. The maximum absolute atomic E-state index is 12.0. The van der Waals surface area contributed by atoms with Crippen molar-refractivity contribution in [1.29, 1.82) is 0 Å². The molecule has 2 aromatic rings. The zero-order valence-corrected chi connectivity index (χ0v) is 12.6. The van der Waals surface area contributed by atoms with Crippen LogP contribution in [0.3, 0.4) is 0 Å². The van der Waals surface area contributed by atoms with Gasteiger partial charge in [-0.1, -0.05) is 11.6 Å². The summed E-state index contributed by atoms with van der Waals surface area (Å²) in [5, 5.41) is 7.57. The number of halogens is 1. The zero-order chi connectivity index (χ0) is 15.6. The summed E-state index contributed by atoms with van der Waals surface area (Å²) < 4.78 is 22.5. The Morgan fingerprint density at radius 1 is 1.29 bits per heavy atom. The maximum Gasteiger partial charge on any atom is 0.255 e. The van der Waals surface area contributed by atoms with E-state index in [2.05, 4.69) is 10.3 Å². The molecule has 0 aliphatic carbocycles. The largest absolute Gasteiger partial charge is 0.322 e. The van der Waals surface area contributed by atoms with Crippen LogP contribution in [0.15, 0.2) is 41.4 Å². The van der Waals surface area contributed by atoms with Gasteiger partial charge in [-0.05, 0) is 37.3 Å². The second-order valence-electron chi connectivity index (χ2n) is 4.33. The van der Waals surface area contributed by atoms with Gasteiger partial charge in [0.15, 0.2) is 0 Å². The SMILES string of the molecule is Cc1cc(C(=O)Nc2ccc(S(N)(=O)=O)c(Cl)c2)ccn1. The Kier molecular flexibility index (Phi) is 4.26. The van der Waals surface area contributed by atoms with E-state index in [1.54, 1.807) is 19.1 Å². The van der Waals surface area contributed by atoms with Crippen LogP contribution < -0.4 is 10.5 Å². The zero-order valence-electron chi connectivity index (χ0n) is 11.0. The van der Waals surface area contributed by atoms with E-state index in [1.807, 2.05) is 0 Å². The summed E-state index contributed by atoms with van der Waals surface area (Å²) in [6, 6.07) is 7.19. The van der Waals surface area contributed by atoms with Gasteiger partial charge >= 0.3 is 0 Å². The Morgan fingerprint density at radius 3 is 2.57 bits per heavy atom. The molecule has 0 fully saturated rings. The summed E-state index contributed by atoms with van der Waals surface area (Å²) in [6.45, 7) is 1.77. The summed E-state index contributed by atoms with van der Waals surface area (Å²) in [4.78, 5) is 15.8. The van der Waals surface area contributed by atoms with Crippen molar-refractivity contribution in [3.8, 4) is 0 Å². The quantitative estimate of drug-likeness (QED) is 0.900. The molecule has 0 unspecified atom stereocenters. The van der Waals surface area contributed by atoms with Crippen molar-refractivity contribution in [2.75, 3.05) is 5.32 Å². The van der Waals surface area contributed by atoms with Crippen LogP contribution >= 0.6 is 11.6 Å². The van der Waals surface area contributed by atoms with Crippen molar-refractivity contribution < 1.29 is 13.2 Å². The number of nitrogens with two attached hydrogens (primary N) is 1. The van der Waals surface area contributed by atoms with Crippen LogP contribution in [0, 0.1) is 6.92 Å². The topological polar surface area (TPSA) is 102 Å². The fourth-order valence-corrected chi connectivity index (χ4v) is 2.79. The maximum atomic E-state index is 12.0. The number of primary sulfonamides is 1. The highest BCUT2D eigenvalue weighted by Gasteiger charge is 2.14. The van der Waals surface area contributed by atoms with Crippen molar-refractivity contribution in [1.82, 2.24) is 4.98 Å². The molecular formula is C13H12ClN3O3S. The number of nitrogens with one attached hydrogen (secondary N) is 1. The van der Waals surface area contributed by atoms with E-state index in [1.165, 1.54) is 24.4 Å². The van der Waals surface area contributed by atoms with Crippen LogP contribution in [0.5, 0.6) is 0 Å². The number of benzene rings is 1. The third-order valence-electron chi connectivity index (χ3n) is 2.66. The summed E-state index contributed by atoms with van der Waals surface area (Å²) in [7, 11) is -3.89. The third kappa shape index (κ3) is 3.78. The van der Waals surface area contributed by atoms with Crippen LogP contribution in [0.25, 0.3) is 0 Å². The van der Waals surface area contributed by atoms with E-state index in [-0.39, 0.29) is 15.8 Å².